The molecule has 1 amide bonds. The summed E-state index contributed by atoms with van der Waals surface area (Å²) in [5, 5.41) is 2.72. The zero-order valence-electron chi connectivity index (χ0n) is 16.4. The lowest BCUT2D eigenvalue weighted by Gasteiger charge is -2.21. The van der Waals surface area contributed by atoms with Crippen LogP contribution in [0, 0.1) is 11.7 Å². The van der Waals surface area contributed by atoms with E-state index < -0.39 is 17.7 Å². The molecule has 0 bridgehead atoms. The van der Waals surface area contributed by atoms with Crippen LogP contribution in [0.3, 0.4) is 0 Å². The number of nitrogens with one attached hydrogen (secondary N) is 1. The molecular formula is C23H22FNO5. The molecule has 1 aliphatic heterocycles. The van der Waals surface area contributed by atoms with Gasteiger partial charge in [-0.25, -0.2) is 4.39 Å². The van der Waals surface area contributed by atoms with Crippen LogP contribution in [0.5, 0.6) is 11.5 Å². The predicted molar refractivity (Wildman–Crippen MR) is 106 cm³/mol. The van der Waals surface area contributed by atoms with Crippen molar-refractivity contribution in [3.05, 3.63) is 53.8 Å². The number of hydrogen-bond acceptors (Lipinski definition) is 5. The number of fused-ring (bicyclic) bond motifs is 1. The Morgan fingerprint density at radius 2 is 1.80 bits per heavy atom. The summed E-state index contributed by atoms with van der Waals surface area (Å²) in [6.07, 6.45) is 4.52. The first-order chi connectivity index (χ1) is 14.5. The first kappa shape index (κ1) is 18.9. The number of anilines is 1. The van der Waals surface area contributed by atoms with Crippen molar-refractivity contribution in [2.24, 2.45) is 5.92 Å². The van der Waals surface area contributed by atoms with Gasteiger partial charge in [-0.1, -0.05) is 12.1 Å². The average Bonchev–Trinajstić information content (AvgIpc) is 3.28. The molecule has 7 heteroatoms. The number of carbonyl (C=O) groups is 2. The largest absolute Gasteiger partial charge is 0.455 e. The second-order valence-corrected chi connectivity index (χ2v) is 8.14. The maximum absolute atomic E-state index is 13.0. The molecule has 156 valence electrons. The molecule has 6 nitrogen and oxygen atoms in total. The third-order valence-corrected chi connectivity index (χ3v) is 5.92. The molecule has 30 heavy (non-hydrogen) atoms. The summed E-state index contributed by atoms with van der Waals surface area (Å²) < 4.78 is 30.1. The fraction of sp³-hybridized carbons (Fsp3) is 0.391. The van der Waals surface area contributed by atoms with E-state index in [1.165, 1.54) is 12.1 Å². The van der Waals surface area contributed by atoms with Gasteiger partial charge in [0.25, 0.3) is 11.7 Å². The number of benzene rings is 2. The van der Waals surface area contributed by atoms with Gasteiger partial charge in [0.05, 0.1) is 5.92 Å². The third kappa shape index (κ3) is 3.72. The van der Waals surface area contributed by atoms with Crippen LogP contribution < -0.4 is 14.8 Å². The van der Waals surface area contributed by atoms with E-state index in [0.29, 0.717) is 23.6 Å². The summed E-state index contributed by atoms with van der Waals surface area (Å²) in [5.74, 6) is -0.642. The SMILES string of the molecule is O=C(COC(=O)[C@@H]1C[C@@H]1c1ccc(F)cc1)Nc1ccc2c(c1)OC1(CCCC1)O2. The lowest BCUT2D eigenvalue weighted by molar-refractivity contribution is -0.148. The zero-order valence-corrected chi connectivity index (χ0v) is 16.4. The molecule has 0 saturated heterocycles. The zero-order chi connectivity index (χ0) is 20.7. The Labute approximate surface area is 173 Å². The van der Waals surface area contributed by atoms with E-state index in [1.54, 1.807) is 30.3 Å². The first-order valence-corrected chi connectivity index (χ1v) is 10.3. The molecular weight excluding hydrogens is 389 g/mol. The highest BCUT2D eigenvalue weighted by atomic mass is 19.1. The highest BCUT2D eigenvalue weighted by molar-refractivity contribution is 5.93. The van der Waals surface area contributed by atoms with Gasteiger partial charge in [-0.2, -0.15) is 0 Å². The van der Waals surface area contributed by atoms with Crippen LogP contribution in [0.4, 0.5) is 10.1 Å². The van der Waals surface area contributed by atoms with Crippen molar-refractivity contribution in [1.29, 1.82) is 0 Å². The highest BCUT2D eigenvalue weighted by Gasteiger charge is 2.45. The minimum Gasteiger partial charge on any atom is -0.455 e. The van der Waals surface area contributed by atoms with Crippen molar-refractivity contribution in [3.8, 4) is 11.5 Å². The summed E-state index contributed by atoms with van der Waals surface area (Å²) in [6, 6.07) is 11.4. The van der Waals surface area contributed by atoms with E-state index in [0.717, 1.165) is 31.2 Å². The lowest BCUT2D eigenvalue weighted by Crippen LogP contribution is -2.34. The lowest BCUT2D eigenvalue weighted by atomic mass is 10.1. The predicted octanol–water partition coefficient (Wildman–Crippen LogP) is 4.15. The molecule has 2 aliphatic carbocycles. The summed E-state index contributed by atoms with van der Waals surface area (Å²) in [7, 11) is 0. The minimum absolute atomic E-state index is 0.0259. The van der Waals surface area contributed by atoms with E-state index in [2.05, 4.69) is 5.32 Å². The Morgan fingerprint density at radius 1 is 1.07 bits per heavy atom. The second-order valence-electron chi connectivity index (χ2n) is 8.14. The van der Waals surface area contributed by atoms with Crippen LogP contribution in [-0.2, 0) is 14.3 Å². The summed E-state index contributed by atoms with van der Waals surface area (Å²) in [5.41, 5.74) is 1.47. The van der Waals surface area contributed by atoms with Gasteiger partial charge in [-0.05, 0) is 55.0 Å². The maximum atomic E-state index is 13.0. The van der Waals surface area contributed by atoms with Gasteiger partial charge in [0.15, 0.2) is 18.1 Å². The Hall–Kier alpha value is -3.09. The Bertz CT molecular complexity index is 984. The standard InChI is InChI=1S/C23H22FNO5/c24-15-5-3-14(4-6-15)17-12-18(17)22(27)28-13-21(26)25-16-7-8-19-20(11-16)30-23(29-19)9-1-2-10-23/h3-8,11,17-18H,1-2,9-10,12-13H2,(H,25,26)/t17-,18-/m1/s1. The van der Waals surface area contributed by atoms with E-state index in [-0.39, 0.29) is 24.3 Å². The van der Waals surface area contributed by atoms with E-state index in [4.69, 9.17) is 14.2 Å². The first-order valence-electron chi connectivity index (χ1n) is 10.3. The van der Waals surface area contributed by atoms with Gasteiger partial charge < -0.3 is 19.5 Å². The van der Waals surface area contributed by atoms with Crippen LogP contribution in [0.25, 0.3) is 0 Å². The van der Waals surface area contributed by atoms with Crippen molar-refractivity contribution < 1.29 is 28.2 Å². The molecule has 1 spiro atoms. The maximum Gasteiger partial charge on any atom is 0.310 e. The molecule has 0 unspecified atom stereocenters. The Kier molecular flexibility index (Phi) is 4.60. The van der Waals surface area contributed by atoms with Crippen LogP contribution in [0.2, 0.25) is 0 Å². The smallest absolute Gasteiger partial charge is 0.310 e. The molecule has 5 rings (SSSR count). The van der Waals surface area contributed by atoms with Gasteiger partial charge in [0, 0.05) is 24.6 Å². The van der Waals surface area contributed by atoms with Gasteiger partial charge >= 0.3 is 5.97 Å². The quantitative estimate of drug-likeness (QED) is 0.748. The Morgan fingerprint density at radius 3 is 2.57 bits per heavy atom. The van der Waals surface area contributed by atoms with Gasteiger partial charge in [0.1, 0.15) is 5.82 Å². The van der Waals surface area contributed by atoms with E-state index >= 15 is 0 Å². The van der Waals surface area contributed by atoms with Crippen LogP contribution >= 0.6 is 0 Å². The molecule has 3 aliphatic rings. The molecule has 0 aromatic heterocycles. The molecule has 2 atom stereocenters. The Balaban J connectivity index is 1.11. The molecule has 2 aromatic rings. The van der Waals surface area contributed by atoms with Crippen LogP contribution in [0.15, 0.2) is 42.5 Å². The van der Waals surface area contributed by atoms with Crippen LogP contribution in [0.1, 0.15) is 43.6 Å². The summed E-state index contributed by atoms with van der Waals surface area (Å²) in [6.45, 7) is -0.357. The molecule has 0 radical (unpaired) electrons. The molecule has 2 aromatic carbocycles. The van der Waals surface area contributed by atoms with E-state index in [1.807, 2.05) is 0 Å². The summed E-state index contributed by atoms with van der Waals surface area (Å²) >= 11 is 0. The molecule has 2 saturated carbocycles. The molecule has 1 N–H and O–H groups in total. The number of halogens is 1. The number of hydrogen-bond donors (Lipinski definition) is 1. The van der Waals surface area contributed by atoms with Crippen molar-refractivity contribution in [2.45, 2.75) is 43.8 Å². The number of carbonyl (C=O) groups excluding carboxylic acids is 2. The second kappa shape index (κ2) is 7.31. The minimum atomic E-state index is -0.550. The van der Waals surface area contributed by atoms with Crippen LogP contribution in [-0.4, -0.2) is 24.3 Å². The number of ether oxygens (including phenoxy) is 3. The van der Waals surface area contributed by atoms with Crippen molar-refractivity contribution in [1.82, 2.24) is 0 Å². The fourth-order valence-electron chi connectivity index (χ4n) is 4.26. The summed E-state index contributed by atoms with van der Waals surface area (Å²) in [4.78, 5) is 24.4. The normalized spacial score (nSPS) is 22.7. The molecule has 2 fully saturated rings. The monoisotopic (exact) mass is 411 g/mol. The van der Waals surface area contributed by atoms with E-state index in [9.17, 15) is 14.0 Å². The number of amides is 1. The van der Waals surface area contributed by atoms with Gasteiger partial charge in [0.2, 0.25) is 0 Å². The van der Waals surface area contributed by atoms with Crippen molar-refractivity contribution in [3.63, 3.8) is 0 Å². The van der Waals surface area contributed by atoms with Crippen molar-refractivity contribution >= 4 is 17.6 Å². The number of rotatable bonds is 5. The topological polar surface area (TPSA) is 73.9 Å². The van der Waals surface area contributed by atoms with Gasteiger partial charge in [-0.3, -0.25) is 9.59 Å². The van der Waals surface area contributed by atoms with Crippen molar-refractivity contribution in [2.75, 3.05) is 11.9 Å². The number of esters is 1. The third-order valence-electron chi connectivity index (χ3n) is 5.92. The fourth-order valence-corrected chi connectivity index (χ4v) is 4.26. The average molecular weight is 411 g/mol. The van der Waals surface area contributed by atoms with Gasteiger partial charge in [-0.15, -0.1) is 0 Å². The highest BCUT2D eigenvalue weighted by Crippen LogP contribution is 2.48. The molecule has 1 heterocycles.